The van der Waals surface area contributed by atoms with E-state index in [0.29, 0.717) is 44.4 Å². The first-order chi connectivity index (χ1) is 54.5. The number of hydrogen-bond donors (Lipinski definition) is 0. The monoisotopic (exact) mass is 1470 g/mol. The molecular formula is C106H110N2O4. The molecule has 0 N–H and O–H groups in total. The topological polar surface area (TPSA) is 74.8 Å². The van der Waals surface area contributed by atoms with Crippen molar-refractivity contribution in [3.63, 3.8) is 0 Å². The summed E-state index contributed by atoms with van der Waals surface area (Å²) < 4.78 is 0. The van der Waals surface area contributed by atoms with Crippen LogP contribution in [0.2, 0.25) is 0 Å². The van der Waals surface area contributed by atoms with E-state index in [1.807, 2.05) is 0 Å². The van der Waals surface area contributed by atoms with Crippen molar-refractivity contribution in [3.05, 3.63) is 249 Å². The van der Waals surface area contributed by atoms with Crippen LogP contribution in [-0.4, -0.2) is 23.6 Å². The van der Waals surface area contributed by atoms with E-state index in [4.69, 9.17) is 0 Å². The molecule has 0 aliphatic carbocycles. The highest BCUT2D eigenvalue weighted by atomic mass is 16.2. The Morgan fingerprint density at radius 2 is 0.455 bits per heavy atom. The highest BCUT2D eigenvalue weighted by Crippen LogP contribution is 2.58. The molecule has 2 aliphatic heterocycles. The first-order valence-electron chi connectivity index (χ1n) is 42.8. The van der Waals surface area contributed by atoms with Crippen LogP contribution in [0.3, 0.4) is 0 Å². The largest absolute Gasteiger partial charge is 0.268 e. The highest BCUT2D eigenvalue weighted by molar-refractivity contribution is 6.51. The molecule has 0 saturated carbocycles. The number of imide groups is 2. The van der Waals surface area contributed by atoms with Gasteiger partial charge in [0.1, 0.15) is 0 Å². The van der Waals surface area contributed by atoms with Crippen molar-refractivity contribution in [2.24, 2.45) is 0 Å². The molecule has 0 unspecified atom stereocenters. The summed E-state index contributed by atoms with van der Waals surface area (Å²) in [6.07, 6.45) is 22.6. The number of amides is 4. The van der Waals surface area contributed by atoms with E-state index in [1.54, 1.807) is 9.80 Å². The third-order valence-electron chi connectivity index (χ3n) is 25.2. The Kier molecular flexibility index (Phi) is 21.4. The zero-order valence-corrected chi connectivity index (χ0v) is 68.3. The van der Waals surface area contributed by atoms with Crippen LogP contribution < -0.4 is 9.80 Å². The van der Waals surface area contributed by atoms with Crippen LogP contribution in [0.25, 0.3) is 120 Å². The molecule has 0 atom stereocenters. The van der Waals surface area contributed by atoms with E-state index < -0.39 is 0 Å². The van der Waals surface area contributed by atoms with Crippen LogP contribution >= 0.6 is 0 Å². The lowest BCUT2D eigenvalue weighted by Gasteiger charge is -2.34. The fraction of sp³-hybridized carbons (Fsp3) is 0.340. The van der Waals surface area contributed by atoms with Gasteiger partial charge in [-0.2, -0.15) is 0 Å². The van der Waals surface area contributed by atoms with Crippen molar-refractivity contribution in [3.8, 4) is 44.5 Å². The maximum absolute atomic E-state index is 16.6. The summed E-state index contributed by atoms with van der Waals surface area (Å²) in [6.45, 7) is 26.3. The van der Waals surface area contributed by atoms with Gasteiger partial charge >= 0.3 is 0 Å². The number of carbonyl (C=O) groups is 4. The third kappa shape index (κ3) is 13.2. The maximum atomic E-state index is 16.6. The molecule has 112 heavy (non-hydrogen) atoms. The molecule has 0 aromatic heterocycles. The Morgan fingerprint density at radius 3 is 0.661 bits per heavy atom. The lowest BCUT2D eigenvalue weighted by molar-refractivity contribution is 0.0877. The van der Waals surface area contributed by atoms with Gasteiger partial charge in [0, 0.05) is 43.8 Å². The molecule has 6 nitrogen and oxygen atoms in total. The average Bonchev–Trinajstić information content (AvgIpc) is 0.667. The molecule has 2 heterocycles. The van der Waals surface area contributed by atoms with Crippen molar-refractivity contribution in [2.45, 2.75) is 235 Å². The van der Waals surface area contributed by atoms with E-state index >= 15 is 19.2 Å². The predicted molar refractivity (Wildman–Crippen MR) is 476 cm³/mol. The van der Waals surface area contributed by atoms with Gasteiger partial charge in [0.15, 0.2) is 0 Å². The minimum absolute atomic E-state index is 0.0197. The summed E-state index contributed by atoms with van der Waals surface area (Å²) >= 11 is 0. The van der Waals surface area contributed by atoms with Crippen LogP contribution in [0, 0.1) is 0 Å². The molecule has 0 fully saturated rings. The van der Waals surface area contributed by atoms with Gasteiger partial charge in [0.2, 0.25) is 0 Å². The number of rotatable bonds is 30. The van der Waals surface area contributed by atoms with Gasteiger partial charge in [-0.15, -0.1) is 0 Å². The molecule has 14 aromatic carbocycles. The Hall–Kier alpha value is -10.3. The van der Waals surface area contributed by atoms with Crippen molar-refractivity contribution in [1.82, 2.24) is 0 Å². The van der Waals surface area contributed by atoms with Gasteiger partial charge in [-0.3, -0.25) is 19.2 Å². The molecular weight excluding hydrogens is 1370 g/mol. The summed E-state index contributed by atoms with van der Waals surface area (Å²) in [5.41, 5.74) is 20.1. The molecule has 0 bridgehead atoms. The number of hydrogen-bond acceptors (Lipinski definition) is 4. The Morgan fingerprint density at radius 1 is 0.232 bits per heavy atom. The second-order valence-electron chi connectivity index (χ2n) is 34.1. The number of benzene rings is 14. The molecule has 4 amide bonds. The summed E-state index contributed by atoms with van der Waals surface area (Å²) in [6, 6.07) is 67.1. The zero-order valence-electron chi connectivity index (χ0n) is 68.3. The summed E-state index contributed by atoms with van der Waals surface area (Å²) in [4.78, 5) is 69.6. The Bertz CT molecular complexity index is 5240. The number of unbranched alkanes of at least 4 members (excludes halogenated alkanes) is 12. The zero-order chi connectivity index (χ0) is 77.9. The van der Waals surface area contributed by atoms with Gasteiger partial charge in [0.25, 0.3) is 23.6 Å². The fourth-order valence-corrected chi connectivity index (χ4v) is 19.3. The average molecular weight is 1480 g/mol. The predicted octanol–water partition coefficient (Wildman–Crippen LogP) is 29.9. The Balaban J connectivity index is 1.07. The lowest BCUT2D eigenvalue weighted by Crippen LogP contribution is -2.42. The van der Waals surface area contributed by atoms with Crippen LogP contribution in [-0.2, 0) is 25.7 Å². The first kappa shape index (κ1) is 75.7. The van der Waals surface area contributed by atoms with Gasteiger partial charge < -0.3 is 0 Å². The quantitative estimate of drug-likeness (QED) is 0.0195. The molecule has 14 aromatic rings. The summed E-state index contributed by atoms with van der Waals surface area (Å²) in [5, 5.41) is 13.4. The SMILES string of the molecule is CCCCCCc1ccc(-c2cc3c4c(cc(-c5ccc(CCCCCC)cc5)c5c6ccc7c8c(-c9ccc(CCCCCC)cc9)cc9c%10c(cc(-c%11ccc(CCCCCC)cc%11)c(c%11ccc(c2c45)c6c%117)c%108)C(=O)N(c2c(C(C)C)cccc2C(C)C)C9=O)C(=O)N(c2c(C(C)C)cccc2C(C)C)C3=O)cc1. The van der Waals surface area contributed by atoms with Crippen molar-refractivity contribution >= 4 is 110 Å². The summed E-state index contributed by atoms with van der Waals surface area (Å²) in [5.74, 6) is -1.18. The van der Waals surface area contributed by atoms with Gasteiger partial charge in [0.05, 0.1) is 11.4 Å². The van der Waals surface area contributed by atoms with Gasteiger partial charge in [-0.1, -0.05) is 318 Å². The van der Waals surface area contributed by atoms with E-state index in [-0.39, 0.29) is 47.3 Å². The number of aryl methyl sites for hydroxylation is 4. The molecule has 2 aliphatic rings. The lowest BCUT2D eigenvalue weighted by atomic mass is 9.75. The second kappa shape index (κ2) is 31.7. The number of fused-ring (bicyclic) bond motifs is 4. The molecule has 0 spiro atoms. The summed E-state index contributed by atoms with van der Waals surface area (Å²) in [7, 11) is 0. The third-order valence-corrected chi connectivity index (χ3v) is 25.2. The number of para-hydroxylation sites is 2. The van der Waals surface area contributed by atoms with Crippen molar-refractivity contribution in [1.29, 1.82) is 0 Å². The number of anilines is 2. The van der Waals surface area contributed by atoms with Gasteiger partial charge in [-0.25, -0.2) is 9.80 Å². The van der Waals surface area contributed by atoms with E-state index in [2.05, 4.69) is 265 Å². The maximum Gasteiger partial charge on any atom is 0.266 e. The van der Waals surface area contributed by atoms with E-state index in [1.165, 1.54) is 99.3 Å². The second-order valence-corrected chi connectivity index (χ2v) is 34.1. The van der Waals surface area contributed by atoms with Crippen LogP contribution in [0.15, 0.2) is 182 Å². The minimum atomic E-state index is -0.315. The van der Waals surface area contributed by atoms with E-state index in [0.717, 1.165) is 183 Å². The van der Waals surface area contributed by atoms with Crippen LogP contribution in [0.5, 0.6) is 0 Å². The fourth-order valence-electron chi connectivity index (χ4n) is 19.3. The normalized spacial score (nSPS) is 13.4. The molecule has 6 heteroatoms. The van der Waals surface area contributed by atoms with Crippen molar-refractivity contribution < 1.29 is 19.2 Å². The van der Waals surface area contributed by atoms with Gasteiger partial charge in [-0.05, 0) is 242 Å². The Labute approximate surface area is 663 Å². The standard InChI is InChI=1S/C106H110N2O4/c1-13-17-21-25-31-67-39-47-71(48-40-67)83-59-87-97-88(104(110)107(103(87)109)101-75(63(5)6)35-29-36-76(101)64(7)8)60-84(72-49-41-68(42-50-72)32-26-22-18-14-2)94-80-57-58-82-92-81(56-55-79(91(80)92)93(83)99(94)97)95-85(73-51-43-69(44-52-73)33-27-23-19-15-3)61-89-98-90(106(112)108(105(89)111)102-77(65(9)10)37-30-38-78(102)66(11)12)62-86(96(82)100(95)98)74-53-45-70(46-54-74)34-28-24-20-16-4/h29-30,35-66H,13-28,31-34H2,1-12H3. The minimum Gasteiger partial charge on any atom is -0.268 e. The highest BCUT2D eigenvalue weighted by Gasteiger charge is 2.43. The molecule has 16 rings (SSSR count). The molecule has 0 radical (unpaired) electrons. The number of nitrogens with zero attached hydrogens (tertiary/aromatic N) is 2. The van der Waals surface area contributed by atoms with Crippen molar-refractivity contribution in [2.75, 3.05) is 9.80 Å². The first-order valence-corrected chi connectivity index (χ1v) is 42.8. The smallest absolute Gasteiger partial charge is 0.266 e. The van der Waals surface area contributed by atoms with Crippen LogP contribution in [0.1, 0.15) is 295 Å². The number of carbonyl (C=O) groups excluding carboxylic acids is 4. The van der Waals surface area contributed by atoms with Crippen LogP contribution in [0.4, 0.5) is 11.4 Å². The molecule has 0 saturated heterocycles. The van der Waals surface area contributed by atoms with E-state index in [9.17, 15) is 0 Å². The molecule has 568 valence electrons.